The molecule has 1 aliphatic rings. The van der Waals surface area contributed by atoms with Crippen LogP contribution in [0, 0.1) is 0 Å². The fraction of sp³-hybridized carbons (Fsp3) is 0.333. The molecule has 0 aliphatic heterocycles. The number of aryl methyl sites for hydroxylation is 1. The van der Waals surface area contributed by atoms with Crippen molar-refractivity contribution in [2.45, 2.75) is 37.3 Å². The van der Waals surface area contributed by atoms with Gasteiger partial charge in [0.25, 0.3) is 0 Å². The monoisotopic (exact) mass is 430 g/mol. The van der Waals surface area contributed by atoms with Crippen LogP contribution in [0.15, 0.2) is 61.4 Å². The number of aliphatic hydroxyl groups is 2. The van der Waals surface area contributed by atoms with E-state index in [1.165, 1.54) is 0 Å². The van der Waals surface area contributed by atoms with Gasteiger partial charge in [-0.25, -0.2) is 9.97 Å². The molecule has 0 unspecified atom stereocenters. The van der Waals surface area contributed by atoms with Gasteiger partial charge >= 0.3 is 0 Å². The first-order valence-corrected chi connectivity index (χ1v) is 10.8. The molecule has 164 valence electrons. The Balaban J connectivity index is 1.32. The highest BCUT2D eigenvalue weighted by molar-refractivity contribution is 5.70. The minimum Gasteiger partial charge on any atom is -0.393 e. The van der Waals surface area contributed by atoms with Gasteiger partial charge in [-0.2, -0.15) is 10.2 Å². The molecule has 0 saturated heterocycles. The van der Waals surface area contributed by atoms with E-state index in [9.17, 15) is 10.2 Å². The van der Waals surface area contributed by atoms with E-state index < -0.39 is 5.60 Å². The van der Waals surface area contributed by atoms with Gasteiger partial charge in [0.15, 0.2) is 5.82 Å². The highest BCUT2D eigenvalue weighted by atomic mass is 16.3. The molecule has 1 fully saturated rings. The van der Waals surface area contributed by atoms with Crippen LogP contribution in [0.2, 0.25) is 0 Å². The van der Waals surface area contributed by atoms with E-state index in [1.807, 2.05) is 61.0 Å². The average Bonchev–Trinajstić information content (AvgIpc) is 3.50. The zero-order valence-electron chi connectivity index (χ0n) is 18.0. The third-order valence-corrected chi connectivity index (χ3v) is 6.30. The lowest BCUT2D eigenvalue weighted by atomic mass is 9.83. The third kappa shape index (κ3) is 4.06. The number of aliphatic hydroxyl groups excluding tert-OH is 1. The molecule has 0 bridgehead atoms. The molecule has 1 aromatic carbocycles. The first-order valence-electron chi connectivity index (χ1n) is 10.8. The van der Waals surface area contributed by atoms with Crippen molar-refractivity contribution >= 4 is 0 Å². The van der Waals surface area contributed by atoms with Gasteiger partial charge in [0.1, 0.15) is 0 Å². The molecule has 1 saturated carbocycles. The second-order valence-electron chi connectivity index (χ2n) is 8.60. The fourth-order valence-corrected chi connectivity index (χ4v) is 4.28. The summed E-state index contributed by atoms with van der Waals surface area (Å²) in [5.74, 6) is 0.669. The molecule has 0 radical (unpaired) electrons. The Bertz CT molecular complexity index is 1210. The van der Waals surface area contributed by atoms with Gasteiger partial charge < -0.3 is 10.2 Å². The lowest BCUT2D eigenvalue weighted by Crippen LogP contribution is -2.38. The Morgan fingerprint density at radius 3 is 2.28 bits per heavy atom. The van der Waals surface area contributed by atoms with Crippen molar-refractivity contribution in [3.63, 3.8) is 0 Å². The quantitative estimate of drug-likeness (QED) is 0.504. The van der Waals surface area contributed by atoms with Crippen LogP contribution in [0.5, 0.6) is 0 Å². The van der Waals surface area contributed by atoms with Gasteiger partial charge in [0.05, 0.1) is 30.6 Å². The van der Waals surface area contributed by atoms with Crippen LogP contribution in [0.25, 0.3) is 33.6 Å². The number of benzene rings is 1. The van der Waals surface area contributed by atoms with E-state index in [-0.39, 0.29) is 12.6 Å². The third-order valence-electron chi connectivity index (χ3n) is 6.30. The normalized spacial score (nSPS) is 21.0. The van der Waals surface area contributed by atoms with Crippen molar-refractivity contribution in [1.29, 1.82) is 0 Å². The molecule has 5 rings (SSSR count). The number of hydrogen-bond donors (Lipinski definition) is 2. The fourth-order valence-electron chi connectivity index (χ4n) is 4.28. The number of nitrogens with zero attached hydrogens (tertiary/aromatic N) is 6. The predicted octanol–water partition coefficient (Wildman–Crippen LogP) is 3.25. The zero-order chi connectivity index (χ0) is 22.1. The van der Waals surface area contributed by atoms with Crippen molar-refractivity contribution in [2.75, 3.05) is 6.61 Å². The summed E-state index contributed by atoms with van der Waals surface area (Å²) in [6, 6.07) is 8.35. The van der Waals surface area contributed by atoms with Gasteiger partial charge in [-0.15, -0.1) is 0 Å². The van der Waals surface area contributed by atoms with Crippen LogP contribution in [-0.2, 0) is 7.05 Å². The summed E-state index contributed by atoms with van der Waals surface area (Å²) in [4.78, 5) is 9.17. The minimum absolute atomic E-state index is 0.182. The molecule has 0 spiro atoms. The number of aromatic nitrogens is 6. The molecule has 4 aromatic rings. The van der Waals surface area contributed by atoms with Crippen LogP contribution in [0.4, 0.5) is 0 Å². The van der Waals surface area contributed by atoms with Crippen molar-refractivity contribution < 1.29 is 10.2 Å². The summed E-state index contributed by atoms with van der Waals surface area (Å²) in [7, 11) is 1.90. The highest BCUT2D eigenvalue weighted by Gasteiger charge is 2.33. The molecule has 2 N–H and O–H groups in total. The Kier molecular flexibility index (Phi) is 5.32. The topological polar surface area (TPSA) is 102 Å². The maximum absolute atomic E-state index is 10.2. The average molecular weight is 431 g/mol. The van der Waals surface area contributed by atoms with Gasteiger partial charge in [-0.3, -0.25) is 9.36 Å². The van der Waals surface area contributed by atoms with E-state index in [2.05, 4.69) is 32.3 Å². The smallest absolute Gasteiger partial charge is 0.159 e. The van der Waals surface area contributed by atoms with Gasteiger partial charge in [-0.1, -0.05) is 18.2 Å². The molecule has 8 nitrogen and oxygen atoms in total. The first-order chi connectivity index (χ1) is 15.5. The second kappa shape index (κ2) is 8.29. The summed E-state index contributed by atoms with van der Waals surface area (Å²) in [5.41, 5.74) is 4.01. The van der Waals surface area contributed by atoms with Crippen molar-refractivity contribution in [1.82, 2.24) is 29.5 Å². The van der Waals surface area contributed by atoms with Crippen molar-refractivity contribution in [3.05, 3.63) is 61.4 Å². The van der Waals surface area contributed by atoms with Crippen molar-refractivity contribution in [3.8, 4) is 33.6 Å². The van der Waals surface area contributed by atoms with Gasteiger partial charge in [0, 0.05) is 54.1 Å². The molecule has 3 aromatic heterocycles. The van der Waals surface area contributed by atoms with E-state index in [0.717, 1.165) is 40.7 Å². The molecular weight excluding hydrogens is 404 g/mol. The molecule has 3 heterocycles. The second-order valence-corrected chi connectivity index (χ2v) is 8.60. The van der Waals surface area contributed by atoms with Crippen LogP contribution in [0.3, 0.4) is 0 Å². The van der Waals surface area contributed by atoms with Crippen LogP contribution in [-0.4, -0.2) is 51.9 Å². The Morgan fingerprint density at radius 2 is 1.59 bits per heavy atom. The lowest BCUT2D eigenvalue weighted by Gasteiger charge is -2.34. The largest absolute Gasteiger partial charge is 0.393 e. The molecule has 8 heteroatoms. The molecule has 0 atom stereocenters. The maximum atomic E-state index is 10.2. The van der Waals surface area contributed by atoms with E-state index in [1.54, 1.807) is 4.68 Å². The van der Waals surface area contributed by atoms with E-state index in [0.29, 0.717) is 18.7 Å². The summed E-state index contributed by atoms with van der Waals surface area (Å²) >= 11 is 0. The van der Waals surface area contributed by atoms with Gasteiger partial charge in [-0.05, 0) is 37.3 Å². The first kappa shape index (κ1) is 20.5. The van der Waals surface area contributed by atoms with Crippen molar-refractivity contribution in [2.24, 2.45) is 7.05 Å². The predicted molar refractivity (Wildman–Crippen MR) is 120 cm³/mol. The molecular formula is C24H26N6O2. The van der Waals surface area contributed by atoms with Crippen LogP contribution >= 0.6 is 0 Å². The summed E-state index contributed by atoms with van der Waals surface area (Å²) in [6.45, 7) is -0.182. The summed E-state index contributed by atoms with van der Waals surface area (Å²) in [5, 5.41) is 28.3. The zero-order valence-corrected chi connectivity index (χ0v) is 18.0. The van der Waals surface area contributed by atoms with Gasteiger partial charge in [0.2, 0.25) is 0 Å². The van der Waals surface area contributed by atoms with E-state index >= 15 is 0 Å². The lowest BCUT2D eigenvalue weighted by molar-refractivity contribution is -0.0510. The maximum Gasteiger partial charge on any atom is 0.159 e. The molecule has 32 heavy (non-hydrogen) atoms. The Morgan fingerprint density at radius 1 is 0.906 bits per heavy atom. The Labute approximate surface area is 186 Å². The summed E-state index contributed by atoms with van der Waals surface area (Å²) < 4.78 is 3.74. The standard InChI is InChI=1S/C24H26N6O2/c1-29-14-20(12-27-29)17-3-2-4-18(9-17)23-25-10-19(11-26-23)21-13-28-30(15-21)22-5-7-24(32,16-31)8-6-22/h2-4,9-15,22,31-32H,5-8,16H2,1H3. The number of hydrogen-bond acceptors (Lipinski definition) is 6. The minimum atomic E-state index is -0.940. The number of rotatable bonds is 5. The van der Waals surface area contributed by atoms with Crippen LogP contribution in [0.1, 0.15) is 31.7 Å². The van der Waals surface area contributed by atoms with E-state index in [4.69, 9.17) is 0 Å². The summed E-state index contributed by atoms with van der Waals surface area (Å²) in [6.07, 6.45) is 14.1. The molecule has 0 amide bonds. The Hall–Kier alpha value is -3.36. The van der Waals surface area contributed by atoms with Crippen LogP contribution < -0.4 is 0 Å². The SMILES string of the molecule is Cn1cc(-c2cccc(-c3ncc(-c4cnn(C5CCC(O)(CO)CC5)c4)cn3)c2)cn1. The molecule has 1 aliphatic carbocycles. The highest BCUT2D eigenvalue weighted by Crippen LogP contribution is 2.35.